The Labute approximate surface area is 65.9 Å². The average molecular weight is 154 g/mol. The molecule has 0 aliphatic heterocycles. The highest BCUT2D eigenvalue weighted by atomic mass is 35.5. The van der Waals surface area contributed by atoms with Gasteiger partial charge in [-0.25, -0.2) is 5.26 Å². The molecule has 1 aromatic carbocycles. The fraction of sp³-hybridized carbons (Fsp3) is 0.125. The zero-order valence-corrected chi connectivity index (χ0v) is 6.25. The van der Waals surface area contributed by atoms with Crippen LogP contribution in [-0.2, 0) is 5.88 Å². The first-order chi connectivity index (χ1) is 4.93. The van der Waals surface area contributed by atoms with Crippen LogP contribution >= 0.6 is 11.6 Å². The number of rotatable bonds is 1. The van der Waals surface area contributed by atoms with E-state index >= 15 is 0 Å². The van der Waals surface area contributed by atoms with Gasteiger partial charge in [-0.15, -0.1) is 11.6 Å². The van der Waals surface area contributed by atoms with Crippen molar-refractivity contribution < 1.29 is 0 Å². The van der Waals surface area contributed by atoms with Crippen LogP contribution in [0.1, 0.15) is 5.56 Å². The quantitative estimate of drug-likeness (QED) is 0.569. The summed E-state index contributed by atoms with van der Waals surface area (Å²) in [5, 5.41) is 6.50. The fourth-order valence-electron chi connectivity index (χ4n) is 0.567. The van der Waals surface area contributed by atoms with E-state index in [1.165, 1.54) is 5.56 Å². The van der Waals surface area contributed by atoms with Crippen molar-refractivity contribution in [1.29, 1.82) is 5.26 Å². The predicted molar refractivity (Wildman–Crippen MR) is 42.7 cm³/mol. The third kappa shape index (κ3) is 3.11. The maximum atomic E-state index is 6.50. The van der Waals surface area contributed by atoms with Crippen LogP contribution in [0.5, 0.6) is 0 Å². The smallest absolute Gasteiger partial charge is 0.0474 e. The van der Waals surface area contributed by atoms with E-state index in [0.29, 0.717) is 5.88 Å². The molecule has 0 aliphatic carbocycles. The summed E-state index contributed by atoms with van der Waals surface area (Å²) < 4.78 is 0. The van der Waals surface area contributed by atoms with Crippen molar-refractivity contribution in [2.24, 2.45) is 0 Å². The molecule has 0 bridgehead atoms. The highest BCUT2D eigenvalue weighted by Crippen LogP contribution is 2.00. The first kappa shape index (κ1) is 9.00. The van der Waals surface area contributed by atoms with Gasteiger partial charge in [-0.05, 0) is 5.56 Å². The summed E-state index contributed by atoms with van der Waals surface area (Å²) in [6, 6.07) is 9.96. The molecule has 0 saturated heterocycles. The normalized spacial score (nSPS) is 7.50. The van der Waals surface area contributed by atoms with Gasteiger partial charge in [0.25, 0.3) is 0 Å². The molecule has 1 nitrogen and oxygen atoms in total. The molecule has 2 heteroatoms. The number of benzene rings is 1. The molecule has 0 heterocycles. The number of nitrogens with zero attached hydrogens (tertiary/aromatic N) is 1. The van der Waals surface area contributed by atoms with E-state index in [-0.39, 0.29) is 0 Å². The van der Waals surface area contributed by atoms with Gasteiger partial charge < -0.3 is 0 Å². The van der Waals surface area contributed by atoms with E-state index in [1.54, 1.807) is 0 Å². The second-order valence-corrected chi connectivity index (χ2v) is 1.89. The van der Waals surface area contributed by atoms with E-state index < -0.39 is 0 Å². The monoisotopic (exact) mass is 153 g/mol. The van der Waals surface area contributed by atoms with Gasteiger partial charge in [0.1, 0.15) is 0 Å². The number of halogens is 1. The van der Waals surface area contributed by atoms with Gasteiger partial charge in [-0.2, -0.15) is 0 Å². The zero-order valence-electron chi connectivity index (χ0n) is 5.50. The van der Waals surface area contributed by atoms with Crippen LogP contribution in [-0.4, -0.2) is 0 Å². The minimum Gasteiger partial charge on any atom is -0.202 e. The Kier molecular flexibility index (Phi) is 5.51. The number of nitriles is 1. The van der Waals surface area contributed by atoms with Crippen molar-refractivity contribution in [1.82, 2.24) is 0 Å². The van der Waals surface area contributed by atoms with Crippen molar-refractivity contribution in [3.05, 3.63) is 35.9 Å². The minimum absolute atomic E-state index is 0.612. The standard InChI is InChI=1S/C7H7Cl.CHN/c8-6-7-4-2-1-3-5-7;1-2/h1-5H,6H2;1H. The SMILES string of the molecule is C#N.ClCc1ccccc1. The summed E-state index contributed by atoms with van der Waals surface area (Å²) in [4.78, 5) is 0. The molecule has 0 N–H and O–H groups in total. The Hall–Kier alpha value is -1.00. The van der Waals surface area contributed by atoms with Crippen LogP contribution in [0.4, 0.5) is 0 Å². The van der Waals surface area contributed by atoms with E-state index in [4.69, 9.17) is 16.9 Å². The Morgan fingerprint density at radius 2 is 1.70 bits per heavy atom. The highest BCUT2D eigenvalue weighted by Gasteiger charge is 1.81. The lowest BCUT2D eigenvalue weighted by Crippen LogP contribution is -1.71. The van der Waals surface area contributed by atoms with Crippen molar-refractivity contribution in [2.75, 3.05) is 0 Å². The summed E-state index contributed by atoms with van der Waals surface area (Å²) in [6.07, 6.45) is 0. The van der Waals surface area contributed by atoms with Gasteiger partial charge in [-0.3, -0.25) is 0 Å². The summed E-state index contributed by atoms with van der Waals surface area (Å²) in [5.41, 5.74) is 1.18. The number of hydrogen-bond donors (Lipinski definition) is 0. The maximum absolute atomic E-state index is 6.50. The molecule has 0 unspecified atom stereocenters. The lowest BCUT2D eigenvalue weighted by Gasteiger charge is -1.88. The Bertz CT molecular complexity index is 181. The maximum Gasteiger partial charge on any atom is 0.0474 e. The summed E-state index contributed by atoms with van der Waals surface area (Å²) >= 11 is 5.53. The summed E-state index contributed by atoms with van der Waals surface area (Å²) in [7, 11) is 0. The van der Waals surface area contributed by atoms with Crippen LogP contribution in [0.3, 0.4) is 0 Å². The van der Waals surface area contributed by atoms with Crippen LogP contribution in [0.15, 0.2) is 30.3 Å². The Morgan fingerprint density at radius 1 is 1.20 bits per heavy atom. The average Bonchev–Trinajstić information content (AvgIpc) is 2.10. The number of hydrogen-bond acceptors (Lipinski definition) is 1. The van der Waals surface area contributed by atoms with Crippen LogP contribution < -0.4 is 0 Å². The molecule has 52 valence electrons. The molecule has 0 atom stereocenters. The molecule has 10 heavy (non-hydrogen) atoms. The molecule has 0 amide bonds. The van der Waals surface area contributed by atoms with Gasteiger partial charge >= 0.3 is 0 Å². The molecule has 0 aliphatic rings. The molecular weight excluding hydrogens is 146 g/mol. The Morgan fingerprint density at radius 3 is 2.00 bits per heavy atom. The van der Waals surface area contributed by atoms with Gasteiger partial charge in [0.05, 0.1) is 0 Å². The van der Waals surface area contributed by atoms with Gasteiger partial charge in [0, 0.05) is 12.5 Å². The lowest BCUT2D eigenvalue weighted by molar-refractivity contribution is 1.41. The fourth-order valence-corrected chi connectivity index (χ4v) is 0.745. The molecule has 1 aromatic rings. The molecule has 0 fully saturated rings. The van der Waals surface area contributed by atoms with Crippen molar-refractivity contribution >= 4 is 11.6 Å². The third-order valence-corrected chi connectivity index (χ3v) is 1.31. The van der Waals surface area contributed by atoms with Crippen molar-refractivity contribution in [2.45, 2.75) is 5.88 Å². The summed E-state index contributed by atoms with van der Waals surface area (Å²) in [5.74, 6) is 0.612. The van der Waals surface area contributed by atoms with E-state index in [9.17, 15) is 0 Å². The van der Waals surface area contributed by atoms with E-state index in [1.807, 2.05) is 30.3 Å². The first-order valence-corrected chi connectivity index (χ1v) is 3.32. The molecule has 0 spiro atoms. The van der Waals surface area contributed by atoms with E-state index in [2.05, 4.69) is 6.57 Å². The summed E-state index contributed by atoms with van der Waals surface area (Å²) in [6.45, 7) is 3.50. The molecule has 0 radical (unpaired) electrons. The van der Waals surface area contributed by atoms with Gasteiger partial charge in [0.15, 0.2) is 0 Å². The number of alkyl halides is 1. The second-order valence-electron chi connectivity index (χ2n) is 1.62. The molecule has 0 aromatic heterocycles. The third-order valence-electron chi connectivity index (χ3n) is 0.997. The van der Waals surface area contributed by atoms with Crippen molar-refractivity contribution in [3.63, 3.8) is 0 Å². The van der Waals surface area contributed by atoms with Crippen molar-refractivity contribution in [3.8, 4) is 6.57 Å². The first-order valence-electron chi connectivity index (χ1n) is 2.79. The van der Waals surface area contributed by atoms with Gasteiger partial charge in [0.2, 0.25) is 0 Å². The predicted octanol–water partition coefficient (Wildman–Crippen LogP) is 2.57. The molecule has 1 rings (SSSR count). The highest BCUT2D eigenvalue weighted by molar-refractivity contribution is 6.17. The zero-order chi connectivity index (χ0) is 7.82. The molecular formula is C8H8ClN. The lowest BCUT2D eigenvalue weighted by atomic mass is 10.2. The second kappa shape index (κ2) is 6.12. The largest absolute Gasteiger partial charge is 0.202 e. The van der Waals surface area contributed by atoms with Crippen LogP contribution in [0.25, 0.3) is 0 Å². The van der Waals surface area contributed by atoms with E-state index in [0.717, 1.165) is 0 Å². The molecule has 0 saturated carbocycles. The topological polar surface area (TPSA) is 23.8 Å². The Balaban J connectivity index is 0.000000371. The van der Waals surface area contributed by atoms with Crippen LogP contribution in [0.2, 0.25) is 0 Å². The van der Waals surface area contributed by atoms with Crippen LogP contribution in [0, 0.1) is 11.8 Å². The van der Waals surface area contributed by atoms with Gasteiger partial charge in [-0.1, -0.05) is 30.3 Å². The minimum atomic E-state index is 0.612.